The number of nitrogens with one attached hydrogen (secondary N) is 1. The highest BCUT2D eigenvalue weighted by Crippen LogP contribution is 2.22. The van der Waals surface area contributed by atoms with Crippen LogP contribution in [0, 0.1) is 5.92 Å². The first-order valence-corrected chi connectivity index (χ1v) is 10.2. The Balaban J connectivity index is 1.30. The van der Waals surface area contributed by atoms with Gasteiger partial charge in [0.15, 0.2) is 0 Å². The van der Waals surface area contributed by atoms with E-state index < -0.39 is 5.97 Å². The summed E-state index contributed by atoms with van der Waals surface area (Å²) in [5, 5.41) is 8.86. The third-order valence-electron chi connectivity index (χ3n) is 5.77. The van der Waals surface area contributed by atoms with Gasteiger partial charge in [-0.3, -0.25) is 14.2 Å². The van der Waals surface area contributed by atoms with Gasteiger partial charge in [-0.25, -0.2) is 4.79 Å². The van der Waals surface area contributed by atoms with Crippen LogP contribution in [0.2, 0.25) is 0 Å². The third kappa shape index (κ3) is 4.45. The summed E-state index contributed by atoms with van der Waals surface area (Å²) in [4.78, 5) is 40.3. The summed E-state index contributed by atoms with van der Waals surface area (Å²) in [5.41, 5.74) is 3.37. The van der Waals surface area contributed by atoms with Gasteiger partial charge in [-0.1, -0.05) is 36.4 Å². The first kappa shape index (κ1) is 19.9. The van der Waals surface area contributed by atoms with Crippen molar-refractivity contribution in [3.63, 3.8) is 0 Å². The van der Waals surface area contributed by atoms with Crippen LogP contribution in [0.15, 0.2) is 53.3 Å². The third-order valence-corrected chi connectivity index (χ3v) is 5.77. The lowest BCUT2D eigenvalue weighted by Gasteiger charge is -2.17. The number of carboxylic acids is 1. The average molecular weight is 407 g/mol. The van der Waals surface area contributed by atoms with Crippen molar-refractivity contribution in [1.29, 1.82) is 0 Å². The number of para-hydroxylation sites is 2. The van der Waals surface area contributed by atoms with Crippen LogP contribution in [0.1, 0.15) is 24.0 Å². The minimum Gasteiger partial charge on any atom is -0.481 e. The number of aromatic amines is 1. The number of fused-ring (bicyclic) bond motifs is 1. The fourth-order valence-electron chi connectivity index (χ4n) is 4.22. The number of carbonyl (C=O) groups excluding carboxylic acids is 1. The van der Waals surface area contributed by atoms with Crippen LogP contribution in [0.3, 0.4) is 0 Å². The van der Waals surface area contributed by atoms with E-state index in [4.69, 9.17) is 5.11 Å². The zero-order chi connectivity index (χ0) is 21.1. The van der Waals surface area contributed by atoms with E-state index in [0.29, 0.717) is 18.9 Å². The summed E-state index contributed by atoms with van der Waals surface area (Å²) in [7, 11) is 0. The largest absolute Gasteiger partial charge is 0.481 e. The van der Waals surface area contributed by atoms with E-state index >= 15 is 0 Å². The Kier molecular flexibility index (Phi) is 5.70. The van der Waals surface area contributed by atoms with Gasteiger partial charge in [0.05, 0.1) is 17.5 Å². The zero-order valence-corrected chi connectivity index (χ0v) is 16.7. The van der Waals surface area contributed by atoms with Gasteiger partial charge in [-0.05, 0) is 42.0 Å². The number of aliphatic carboxylic acids is 1. The zero-order valence-electron chi connectivity index (χ0n) is 16.7. The molecule has 2 N–H and O–H groups in total. The van der Waals surface area contributed by atoms with Gasteiger partial charge in [0.2, 0.25) is 5.91 Å². The smallest absolute Gasteiger partial charge is 0.326 e. The van der Waals surface area contributed by atoms with Gasteiger partial charge in [0.25, 0.3) is 0 Å². The van der Waals surface area contributed by atoms with Crippen LogP contribution >= 0.6 is 0 Å². The first-order valence-electron chi connectivity index (χ1n) is 10.2. The molecule has 7 heteroatoms. The van der Waals surface area contributed by atoms with Crippen LogP contribution in [0.4, 0.5) is 0 Å². The summed E-state index contributed by atoms with van der Waals surface area (Å²) in [6.45, 7) is 1.83. The second-order valence-electron chi connectivity index (χ2n) is 7.93. The number of hydrogen-bond acceptors (Lipinski definition) is 3. The van der Waals surface area contributed by atoms with Crippen molar-refractivity contribution >= 4 is 22.9 Å². The number of hydrogen-bond donors (Lipinski definition) is 2. The molecule has 0 saturated carbocycles. The molecule has 7 nitrogen and oxygen atoms in total. The van der Waals surface area contributed by atoms with Gasteiger partial charge in [-0.2, -0.15) is 0 Å². The van der Waals surface area contributed by atoms with Crippen LogP contribution in [-0.4, -0.2) is 44.5 Å². The number of carbonyl (C=O) groups is 2. The predicted molar refractivity (Wildman–Crippen MR) is 113 cm³/mol. The van der Waals surface area contributed by atoms with Gasteiger partial charge < -0.3 is 15.0 Å². The minimum absolute atomic E-state index is 0.0332. The number of H-pyrrole nitrogens is 1. The molecule has 1 amide bonds. The number of likely N-dealkylation sites (tertiary alicyclic amines) is 1. The van der Waals surface area contributed by atoms with E-state index in [0.717, 1.165) is 48.1 Å². The maximum Gasteiger partial charge on any atom is 0.326 e. The number of aromatic nitrogens is 2. The van der Waals surface area contributed by atoms with E-state index in [1.54, 1.807) is 4.57 Å². The van der Waals surface area contributed by atoms with E-state index in [2.05, 4.69) is 4.98 Å². The number of nitrogens with zero attached hydrogens (tertiary/aromatic N) is 2. The van der Waals surface area contributed by atoms with Gasteiger partial charge in [-0.15, -0.1) is 0 Å². The van der Waals surface area contributed by atoms with Crippen LogP contribution in [0.5, 0.6) is 0 Å². The molecule has 1 aliphatic heterocycles. The molecule has 1 aliphatic rings. The first-order chi connectivity index (χ1) is 14.5. The lowest BCUT2D eigenvalue weighted by atomic mass is 9.97. The Morgan fingerprint density at radius 2 is 1.80 bits per heavy atom. The van der Waals surface area contributed by atoms with Crippen molar-refractivity contribution in [3.8, 4) is 0 Å². The maximum atomic E-state index is 12.7. The molecular weight excluding hydrogens is 382 g/mol. The highest BCUT2D eigenvalue weighted by Gasteiger charge is 2.26. The summed E-state index contributed by atoms with van der Waals surface area (Å²) in [6, 6.07) is 15.2. The molecule has 1 saturated heterocycles. The molecule has 0 aliphatic carbocycles. The SMILES string of the molecule is O=C(O)Cc1ccc(CC2CCN(C(=O)CCn3c(=O)[nH]c4ccccc43)C2)cc1. The molecule has 0 bridgehead atoms. The van der Waals surface area contributed by atoms with Crippen molar-refractivity contribution in [1.82, 2.24) is 14.5 Å². The Bertz CT molecular complexity index is 1110. The summed E-state index contributed by atoms with van der Waals surface area (Å²) >= 11 is 0. The van der Waals surface area contributed by atoms with Crippen molar-refractivity contribution in [2.75, 3.05) is 13.1 Å². The lowest BCUT2D eigenvalue weighted by Crippen LogP contribution is -2.30. The predicted octanol–water partition coefficient (Wildman–Crippen LogP) is 2.44. The molecule has 0 spiro atoms. The molecule has 156 valence electrons. The van der Waals surface area contributed by atoms with Crippen molar-refractivity contribution in [2.45, 2.75) is 32.2 Å². The van der Waals surface area contributed by atoms with Crippen LogP contribution in [-0.2, 0) is 29.0 Å². The normalized spacial score (nSPS) is 16.3. The molecule has 30 heavy (non-hydrogen) atoms. The lowest BCUT2D eigenvalue weighted by molar-refractivity contribution is -0.136. The number of imidazole rings is 1. The van der Waals surface area contributed by atoms with Crippen molar-refractivity contribution in [2.24, 2.45) is 5.92 Å². The number of amides is 1. The van der Waals surface area contributed by atoms with E-state index in [1.165, 1.54) is 0 Å². The summed E-state index contributed by atoms with van der Waals surface area (Å²) < 4.78 is 1.62. The van der Waals surface area contributed by atoms with E-state index in [9.17, 15) is 14.4 Å². The monoisotopic (exact) mass is 407 g/mol. The molecule has 1 fully saturated rings. The Hall–Kier alpha value is -3.35. The fraction of sp³-hybridized carbons (Fsp3) is 0.348. The number of carboxylic acid groups (broad SMARTS) is 1. The van der Waals surface area contributed by atoms with Crippen LogP contribution < -0.4 is 5.69 Å². The second kappa shape index (κ2) is 8.57. The average Bonchev–Trinajstić information content (AvgIpc) is 3.31. The second-order valence-corrected chi connectivity index (χ2v) is 7.93. The molecule has 1 atom stereocenters. The standard InChI is InChI=1S/C23H25N3O4/c27-21(10-12-26-20-4-2-1-3-19(20)24-23(26)30)25-11-9-18(15-25)13-16-5-7-17(8-6-16)14-22(28)29/h1-8,18H,9-15H2,(H,24,30)(H,28,29). The Morgan fingerprint density at radius 3 is 2.57 bits per heavy atom. The Labute approximate surface area is 173 Å². The van der Waals surface area contributed by atoms with Gasteiger partial charge in [0, 0.05) is 26.1 Å². The van der Waals surface area contributed by atoms with Gasteiger partial charge >= 0.3 is 11.7 Å². The fourth-order valence-corrected chi connectivity index (χ4v) is 4.22. The Morgan fingerprint density at radius 1 is 1.07 bits per heavy atom. The molecule has 1 unspecified atom stereocenters. The van der Waals surface area contributed by atoms with Crippen molar-refractivity contribution < 1.29 is 14.7 Å². The molecule has 0 radical (unpaired) electrons. The topological polar surface area (TPSA) is 95.4 Å². The van der Waals surface area contributed by atoms with E-state index in [-0.39, 0.29) is 18.0 Å². The highest BCUT2D eigenvalue weighted by atomic mass is 16.4. The quantitative estimate of drug-likeness (QED) is 0.629. The van der Waals surface area contributed by atoms with E-state index in [1.807, 2.05) is 53.4 Å². The highest BCUT2D eigenvalue weighted by molar-refractivity contribution is 5.78. The minimum atomic E-state index is -0.831. The van der Waals surface area contributed by atoms with Crippen LogP contribution in [0.25, 0.3) is 11.0 Å². The maximum absolute atomic E-state index is 12.7. The molecule has 2 heterocycles. The summed E-state index contributed by atoms with van der Waals surface area (Å²) in [6.07, 6.45) is 2.17. The molecule has 4 rings (SSSR count). The number of benzene rings is 2. The van der Waals surface area contributed by atoms with Gasteiger partial charge in [0.1, 0.15) is 0 Å². The number of aryl methyl sites for hydroxylation is 1. The molecule has 2 aromatic carbocycles. The number of rotatable bonds is 7. The molecule has 1 aromatic heterocycles. The molecule has 3 aromatic rings. The van der Waals surface area contributed by atoms with Crippen molar-refractivity contribution in [3.05, 3.63) is 70.1 Å². The molecular formula is C23H25N3O4. The summed E-state index contributed by atoms with van der Waals surface area (Å²) in [5.74, 6) is -0.357.